The standard InChI is InChI=1S/C10H6F4O2/c1-5(16)9-6(4-15)2-7(11)3-8(9)10(12,13)14/h2-4H,1H3. The van der Waals surface area contributed by atoms with Crippen molar-refractivity contribution < 1.29 is 27.2 Å². The smallest absolute Gasteiger partial charge is 0.298 e. The third-order valence-corrected chi connectivity index (χ3v) is 1.92. The molecule has 0 radical (unpaired) electrons. The zero-order valence-electron chi connectivity index (χ0n) is 8.06. The lowest BCUT2D eigenvalue weighted by atomic mass is 9.98. The van der Waals surface area contributed by atoms with Crippen LogP contribution in [0.25, 0.3) is 0 Å². The minimum atomic E-state index is -4.87. The maximum atomic E-state index is 12.8. The van der Waals surface area contributed by atoms with Crippen molar-refractivity contribution in [3.63, 3.8) is 0 Å². The Kier molecular flexibility index (Phi) is 3.11. The second-order valence-corrected chi connectivity index (χ2v) is 3.09. The van der Waals surface area contributed by atoms with E-state index in [1.807, 2.05) is 0 Å². The van der Waals surface area contributed by atoms with Crippen LogP contribution in [0.4, 0.5) is 17.6 Å². The van der Waals surface area contributed by atoms with Crippen molar-refractivity contribution in [2.45, 2.75) is 13.1 Å². The molecule has 0 heterocycles. The van der Waals surface area contributed by atoms with E-state index in [1.165, 1.54) is 0 Å². The van der Waals surface area contributed by atoms with E-state index in [0.717, 1.165) is 6.92 Å². The van der Waals surface area contributed by atoms with Crippen LogP contribution < -0.4 is 0 Å². The molecule has 16 heavy (non-hydrogen) atoms. The number of benzene rings is 1. The number of Topliss-reactive ketones (excluding diaryl/α,β-unsaturated/α-hetero) is 1. The summed E-state index contributed by atoms with van der Waals surface area (Å²) >= 11 is 0. The fraction of sp³-hybridized carbons (Fsp3) is 0.200. The molecule has 0 unspecified atom stereocenters. The number of carbonyl (C=O) groups excluding carboxylic acids is 2. The van der Waals surface area contributed by atoms with Gasteiger partial charge in [0, 0.05) is 11.1 Å². The molecule has 0 bridgehead atoms. The van der Waals surface area contributed by atoms with Crippen LogP contribution in [0.2, 0.25) is 0 Å². The molecule has 0 saturated heterocycles. The van der Waals surface area contributed by atoms with E-state index < -0.39 is 34.5 Å². The highest BCUT2D eigenvalue weighted by molar-refractivity contribution is 6.02. The number of rotatable bonds is 2. The Hall–Kier alpha value is -1.72. The van der Waals surface area contributed by atoms with Crippen molar-refractivity contribution in [3.8, 4) is 0 Å². The number of halogens is 4. The van der Waals surface area contributed by atoms with Gasteiger partial charge in [0.25, 0.3) is 0 Å². The molecule has 0 aliphatic carbocycles. The van der Waals surface area contributed by atoms with Crippen LogP contribution in [0, 0.1) is 5.82 Å². The second-order valence-electron chi connectivity index (χ2n) is 3.09. The van der Waals surface area contributed by atoms with Gasteiger partial charge in [-0.15, -0.1) is 0 Å². The van der Waals surface area contributed by atoms with Gasteiger partial charge in [0.05, 0.1) is 5.56 Å². The molecule has 0 aliphatic rings. The average Bonchev–Trinajstić information content (AvgIpc) is 2.14. The van der Waals surface area contributed by atoms with Crippen molar-refractivity contribution in [3.05, 3.63) is 34.6 Å². The molecule has 0 amide bonds. The van der Waals surface area contributed by atoms with Gasteiger partial charge >= 0.3 is 6.18 Å². The normalized spacial score (nSPS) is 11.3. The summed E-state index contributed by atoms with van der Waals surface area (Å²) in [7, 11) is 0. The van der Waals surface area contributed by atoms with Crippen LogP contribution in [-0.4, -0.2) is 12.1 Å². The van der Waals surface area contributed by atoms with E-state index in [4.69, 9.17) is 0 Å². The maximum absolute atomic E-state index is 12.8. The largest absolute Gasteiger partial charge is 0.417 e. The summed E-state index contributed by atoms with van der Waals surface area (Å²) in [6.07, 6.45) is -4.85. The minimum absolute atomic E-state index is 0.0229. The van der Waals surface area contributed by atoms with E-state index in [2.05, 4.69) is 0 Å². The van der Waals surface area contributed by atoms with Gasteiger partial charge in [0.15, 0.2) is 12.1 Å². The lowest BCUT2D eigenvalue weighted by Crippen LogP contribution is -2.14. The topological polar surface area (TPSA) is 34.1 Å². The molecule has 6 heteroatoms. The summed E-state index contributed by atoms with van der Waals surface area (Å²) in [4.78, 5) is 21.5. The van der Waals surface area contributed by atoms with E-state index in [0.29, 0.717) is 6.07 Å². The summed E-state index contributed by atoms with van der Waals surface area (Å²) in [6, 6.07) is 0.794. The molecule has 1 aromatic rings. The quantitative estimate of drug-likeness (QED) is 0.448. The number of carbonyl (C=O) groups is 2. The fourth-order valence-electron chi connectivity index (χ4n) is 1.34. The highest BCUT2D eigenvalue weighted by atomic mass is 19.4. The predicted octanol–water partition coefficient (Wildman–Crippen LogP) is 2.86. The predicted molar refractivity (Wildman–Crippen MR) is 46.8 cm³/mol. The maximum Gasteiger partial charge on any atom is 0.417 e. The van der Waals surface area contributed by atoms with Crippen molar-refractivity contribution in [1.29, 1.82) is 0 Å². The van der Waals surface area contributed by atoms with Crippen molar-refractivity contribution >= 4 is 12.1 Å². The third-order valence-electron chi connectivity index (χ3n) is 1.92. The lowest BCUT2D eigenvalue weighted by molar-refractivity contribution is -0.138. The Morgan fingerprint density at radius 3 is 2.25 bits per heavy atom. The van der Waals surface area contributed by atoms with Crippen LogP contribution in [0.3, 0.4) is 0 Å². The number of hydrogen-bond donors (Lipinski definition) is 0. The molecular formula is C10H6F4O2. The Balaban J connectivity index is 3.64. The van der Waals surface area contributed by atoms with Crippen LogP contribution in [0.5, 0.6) is 0 Å². The molecule has 0 spiro atoms. The molecule has 1 rings (SSSR count). The van der Waals surface area contributed by atoms with Gasteiger partial charge in [0.1, 0.15) is 5.82 Å². The van der Waals surface area contributed by atoms with Gasteiger partial charge in [0.2, 0.25) is 0 Å². The van der Waals surface area contributed by atoms with Gasteiger partial charge in [-0.3, -0.25) is 9.59 Å². The molecule has 0 saturated carbocycles. The molecule has 2 nitrogen and oxygen atoms in total. The van der Waals surface area contributed by atoms with Crippen LogP contribution in [0.15, 0.2) is 12.1 Å². The zero-order valence-corrected chi connectivity index (χ0v) is 8.06. The molecule has 86 valence electrons. The highest BCUT2D eigenvalue weighted by Gasteiger charge is 2.36. The first-order valence-electron chi connectivity index (χ1n) is 4.14. The second kappa shape index (κ2) is 4.03. The van der Waals surface area contributed by atoms with Gasteiger partial charge < -0.3 is 0 Å². The van der Waals surface area contributed by atoms with E-state index in [1.54, 1.807) is 0 Å². The number of hydrogen-bond acceptors (Lipinski definition) is 2. The van der Waals surface area contributed by atoms with E-state index in [-0.39, 0.29) is 12.4 Å². The summed E-state index contributed by atoms with van der Waals surface area (Å²) in [6.45, 7) is 0.884. The van der Waals surface area contributed by atoms with Crippen molar-refractivity contribution in [1.82, 2.24) is 0 Å². The number of alkyl halides is 3. The summed E-state index contributed by atoms with van der Waals surface area (Å²) in [5.41, 5.74) is -2.83. The Labute approximate surface area is 87.9 Å². The molecule has 0 fully saturated rings. The van der Waals surface area contributed by atoms with Gasteiger partial charge in [-0.2, -0.15) is 13.2 Å². The minimum Gasteiger partial charge on any atom is -0.298 e. The molecule has 1 aromatic carbocycles. The Morgan fingerprint density at radius 1 is 1.31 bits per heavy atom. The van der Waals surface area contributed by atoms with Gasteiger partial charge in [-0.05, 0) is 19.1 Å². The van der Waals surface area contributed by atoms with Crippen molar-refractivity contribution in [2.24, 2.45) is 0 Å². The first kappa shape index (κ1) is 12.4. The first-order valence-corrected chi connectivity index (χ1v) is 4.14. The Bertz CT molecular complexity index is 449. The zero-order chi connectivity index (χ0) is 12.5. The Morgan fingerprint density at radius 2 is 1.88 bits per heavy atom. The summed E-state index contributed by atoms with van der Waals surface area (Å²) in [5, 5.41) is 0. The number of ketones is 1. The van der Waals surface area contributed by atoms with E-state index >= 15 is 0 Å². The number of aldehydes is 1. The third kappa shape index (κ3) is 2.26. The summed E-state index contributed by atoms with van der Waals surface area (Å²) in [5.74, 6) is -2.14. The highest BCUT2D eigenvalue weighted by Crippen LogP contribution is 2.34. The van der Waals surface area contributed by atoms with Crippen molar-refractivity contribution in [2.75, 3.05) is 0 Å². The first-order chi connectivity index (χ1) is 7.27. The van der Waals surface area contributed by atoms with Crippen LogP contribution in [0.1, 0.15) is 33.2 Å². The van der Waals surface area contributed by atoms with Gasteiger partial charge in [-0.25, -0.2) is 4.39 Å². The average molecular weight is 234 g/mol. The molecule has 0 aliphatic heterocycles. The van der Waals surface area contributed by atoms with E-state index in [9.17, 15) is 27.2 Å². The summed E-state index contributed by atoms with van der Waals surface area (Å²) < 4.78 is 50.2. The van der Waals surface area contributed by atoms with Gasteiger partial charge in [-0.1, -0.05) is 0 Å². The molecule has 0 atom stereocenters. The fourth-order valence-corrected chi connectivity index (χ4v) is 1.34. The molecular weight excluding hydrogens is 228 g/mol. The lowest BCUT2D eigenvalue weighted by Gasteiger charge is -2.12. The SMILES string of the molecule is CC(=O)c1c(C=O)cc(F)cc1C(F)(F)F. The monoisotopic (exact) mass is 234 g/mol. The molecule has 0 aromatic heterocycles. The molecule has 0 N–H and O–H groups in total. The van der Waals surface area contributed by atoms with Crippen LogP contribution in [-0.2, 0) is 6.18 Å². The van der Waals surface area contributed by atoms with Crippen LogP contribution >= 0.6 is 0 Å².